The Bertz CT molecular complexity index is 966. The minimum Gasteiger partial charge on any atom is -0.480 e. The van der Waals surface area contributed by atoms with Crippen LogP contribution in [0.2, 0.25) is 0 Å². The van der Waals surface area contributed by atoms with Gasteiger partial charge in [0.2, 0.25) is 5.88 Å². The maximum absolute atomic E-state index is 5.47. The molecule has 0 saturated heterocycles. The Hall–Kier alpha value is -3.06. The van der Waals surface area contributed by atoms with Crippen LogP contribution >= 0.6 is 11.3 Å². The first-order valence-corrected chi connectivity index (χ1v) is 8.59. The van der Waals surface area contributed by atoms with Crippen LogP contribution in [0.15, 0.2) is 60.5 Å². The summed E-state index contributed by atoms with van der Waals surface area (Å²) < 4.78 is 7.46. The Morgan fingerprint density at radius 1 is 1.08 bits per heavy atom. The molecule has 6 nitrogen and oxygen atoms in total. The molecule has 0 aliphatic carbocycles. The number of imidazole rings is 1. The summed E-state index contributed by atoms with van der Waals surface area (Å²) in [6, 6.07) is 9.92. The van der Waals surface area contributed by atoms with Crippen molar-refractivity contribution >= 4 is 11.3 Å². The van der Waals surface area contributed by atoms with Crippen LogP contribution < -0.4 is 4.74 Å². The van der Waals surface area contributed by atoms with E-state index in [4.69, 9.17) is 4.74 Å². The fraction of sp³-hybridized carbons (Fsp3) is 0.111. The molecule has 4 rings (SSSR count). The van der Waals surface area contributed by atoms with Gasteiger partial charge in [-0.3, -0.25) is 4.98 Å². The predicted octanol–water partition coefficient (Wildman–Crippen LogP) is 3.52. The predicted molar refractivity (Wildman–Crippen MR) is 96.5 cm³/mol. The van der Waals surface area contributed by atoms with Gasteiger partial charge in [0.15, 0.2) is 10.8 Å². The zero-order valence-electron chi connectivity index (χ0n) is 13.5. The average Bonchev–Trinajstić information content (AvgIpc) is 3.34. The number of hydrogen-bond acceptors (Lipinski definition) is 6. The van der Waals surface area contributed by atoms with Crippen molar-refractivity contribution in [1.29, 1.82) is 0 Å². The molecule has 1 aromatic carbocycles. The molecule has 4 aromatic rings. The third-order valence-electron chi connectivity index (χ3n) is 3.73. The maximum Gasteiger partial charge on any atom is 0.237 e. The SMILES string of the molecule is COc1nc(-c2ccccc2)cnc1Cn1ccnc1-c1nccs1. The van der Waals surface area contributed by atoms with Gasteiger partial charge in [0, 0.05) is 29.5 Å². The van der Waals surface area contributed by atoms with Gasteiger partial charge in [-0.15, -0.1) is 11.3 Å². The second kappa shape index (κ2) is 6.82. The zero-order valence-corrected chi connectivity index (χ0v) is 14.3. The molecule has 0 radical (unpaired) electrons. The lowest BCUT2D eigenvalue weighted by molar-refractivity contribution is 0.388. The Morgan fingerprint density at radius 2 is 1.96 bits per heavy atom. The number of methoxy groups -OCH3 is 1. The van der Waals surface area contributed by atoms with Crippen LogP contribution in [0.5, 0.6) is 5.88 Å². The molecule has 0 saturated carbocycles. The number of rotatable bonds is 5. The van der Waals surface area contributed by atoms with Crippen molar-refractivity contribution in [3.8, 4) is 28.0 Å². The molecule has 25 heavy (non-hydrogen) atoms. The van der Waals surface area contributed by atoms with Gasteiger partial charge in [-0.25, -0.2) is 15.0 Å². The van der Waals surface area contributed by atoms with E-state index in [-0.39, 0.29) is 0 Å². The van der Waals surface area contributed by atoms with Crippen LogP contribution in [0, 0.1) is 0 Å². The normalized spacial score (nSPS) is 10.8. The van der Waals surface area contributed by atoms with E-state index < -0.39 is 0 Å². The number of benzene rings is 1. The van der Waals surface area contributed by atoms with Gasteiger partial charge in [0.05, 0.1) is 25.5 Å². The topological polar surface area (TPSA) is 65.7 Å². The molecule has 0 unspecified atom stereocenters. The van der Waals surface area contributed by atoms with Crippen molar-refractivity contribution < 1.29 is 4.74 Å². The summed E-state index contributed by atoms with van der Waals surface area (Å²) in [6.45, 7) is 0.514. The third kappa shape index (κ3) is 3.14. The van der Waals surface area contributed by atoms with Crippen molar-refractivity contribution in [2.75, 3.05) is 7.11 Å². The van der Waals surface area contributed by atoms with Gasteiger partial charge in [0.25, 0.3) is 0 Å². The lowest BCUT2D eigenvalue weighted by Gasteiger charge is -2.10. The molecule has 3 heterocycles. The first-order chi connectivity index (χ1) is 12.3. The average molecular weight is 349 g/mol. The fourth-order valence-corrected chi connectivity index (χ4v) is 3.19. The monoisotopic (exact) mass is 349 g/mol. The zero-order chi connectivity index (χ0) is 17.1. The van der Waals surface area contributed by atoms with Crippen LogP contribution in [0.25, 0.3) is 22.1 Å². The minimum atomic E-state index is 0.514. The first kappa shape index (κ1) is 15.5. The second-order valence-corrected chi connectivity index (χ2v) is 6.19. The van der Waals surface area contributed by atoms with Gasteiger partial charge in [-0.1, -0.05) is 30.3 Å². The van der Waals surface area contributed by atoms with Crippen molar-refractivity contribution in [3.63, 3.8) is 0 Å². The molecule has 7 heteroatoms. The van der Waals surface area contributed by atoms with Crippen molar-refractivity contribution in [2.24, 2.45) is 0 Å². The molecule has 0 atom stereocenters. The molecular weight excluding hydrogens is 334 g/mol. The number of ether oxygens (including phenoxy) is 1. The van der Waals surface area contributed by atoms with E-state index in [1.807, 2.05) is 46.5 Å². The van der Waals surface area contributed by atoms with Crippen LogP contribution in [-0.4, -0.2) is 31.6 Å². The van der Waals surface area contributed by atoms with Gasteiger partial charge < -0.3 is 9.30 Å². The van der Waals surface area contributed by atoms with Crippen LogP contribution in [-0.2, 0) is 6.54 Å². The molecule has 0 N–H and O–H groups in total. The quantitative estimate of drug-likeness (QED) is 0.551. The standard InChI is InChI=1S/C18H15N5OS/c1-24-17-15(21-11-14(22-17)13-5-3-2-4-6-13)12-23-9-7-19-16(23)18-20-8-10-25-18/h2-11H,12H2,1H3. The Labute approximate surface area is 148 Å². The highest BCUT2D eigenvalue weighted by molar-refractivity contribution is 7.13. The van der Waals surface area contributed by atoms with Crippen LogP contribution in [0.3, 0.4) is 0 Å². The summed E-state index contributed by atoms with van der Waals surface area (Å²) >= 11 is 1.55. The van der Waals surface area contributed by atoms with Gasteiger partial charge >= 0.3 is 0 Å². The van der Waals surface area contributed by atoms with Crippen molar-refractivity contribution in [2.45, 2.75) is 6.54 Å². The minimum absolute atomic E-state index is 0.514. The third-order valence-corrected chi connectivity index (χ3v) is 4.50. The molecule has 0 fully saturated rings. The van der Waals surface area contributed by atoms with E-state index in [2.05, 4.69) is 19.9 Å². The molecule has 124 valence electrons. The number of thiazole rings is 1. The van der Waals surface area contributed by atoms with Crippen molar-refractivity contribution in [3.05, 3.63) is 66.2 Å². The number of nitrogens with zero attached hydrogens (tertiary/aromatic N) is 5. The van der Waals surface area contributed by atoms with E-state index in [0.29, 0.717) is 12.4 Å². The van der Waals surface area contributed by atoms with Crippen molar-refractivity contribution in [1.82, 2.24) is 24.5 Å². The second-order valence-electron chi connectivity index (χ2n) is 5.29. The highest BCUT2D eigenvalue weighted by atomic mass is 32.1. The van der Waals surface area contributed by atoms with Gasteiger partial charge in [0.1, 0.15) is 5.69 Å². The van der Waals surface area contributed by atoms with E-state index in [1.165, 1.54) is 0 Å². The molecule has 0 aliphatic heterocycles. The molecule has 0 amide bonds. The summed E-state index contributed by atoms with van der Waals surface area (Å²) in [7, 11) is 1.61. The lowest BCUT2D eigenvalue weighted by Crippen LogP contribution is -2.07. The lowest BCUT2D eigenvalue weighted by atomic mass is 10.2. The summed E-state index contributed by atoms with van der Waals surface area (Å²) in [5.41, 5.74) is 2.54. The Balaban J connectivity index is 1.67. The number of hydrogen-bond donors (Lipinski definition) is 0. The maximum atomic E-state index is 5.47. The fourth-order valence-electron chi connectivity index (χ4n) is 2.55. The first-order valence-electron chi connectivity index (χ1n) is 7.71. The molecule has 0 aliphatic rings. The van der Waals surface area contributed by atoms with E-state index >= 15 is 0 Å². The largest absolute Gasteiger partial charge is 0.480 e. The van der Waals surface area contributed by atoms with E-state index in [1.54, 1.807) is 37.0 Å². The van der Waals surface area contributed by atoms with Gasteiger partial charge in [-0.2, -0.15) is 0 Å². The molecule has 0 bridgehead atoms. The van der Waals surface area contributed by atoms with Crippen LogP contribution in [0.1, 0.15) is 5.69 Å². The Morgan fingerprint density at radius 3 is 2.72 bits per heavy atom. The van der Waals surface area contributed by atoms with Gasteiger partial charge in [-0.05, 0) is 0 Å². The summed E-state index contributed by atoms with van der Waals surface area (Å²) in [6.07, 6.45) is 7.21. The summed E-state index contributed by atoms with van der Waals surface area (Å²) in [5.74, 6) is 1.33. The smallest absolute Gasteiger partial charge is 0.237 e. The van der Waals surface area contributed by atoms with Crippen LogP contribution in [0.4, 0.5) is 0 Å². The molecular formula is C18H15N5OS. The van der Waals surface area contributed by atoms with E-state index in [9.17, 15) is 0 Å². The summed E-state index contributed by atoms with van der Waals surface area (Å²) in [4.78, 5) is 17.9. The summed E-state index contributed by atoms with van der Waals surface area (Å²) in [5, 5.41) is 2.81. The highest BCUT2D eigenvalue weighted by Gasteiger charge is 2.14. The highest BCUT2D eigenvalue weighted by Crippen LogP contribution is 2.24. The Kier molecular flexibility index (Phi) is 4.22. The van der Waals surface area contributed by atoms with E-state index in [0.717, 1.165) is 27.8 Å². The number of aromatic nitrogens is 5. The molecule has 0 spiro atoms. The molecule has 3 aromatic heterocycles.